The number of hydrogen-bond donors (Lipinski definition) is 2. The van der Waals surface area contributed by atoms with Crippen molar-refractivity contribution in [3.05, 3.63) is 34.6 Å². The first kappa shape index (κ1) is 16.2. The highest BCUT2D eigenvalue weighted by Crippen LogP contribution is 2.18. The van der Waals surface area contributed by atoms with Crippen molar-refractivity contribution in [1.82, 2.24) is 5.32 Å². The van der Waals surface area contributed by atoms with Crippen molar-refractivity contribution in [2.45, 2.75) is 19.4 Å². The lowest BCUT2D eigenvalue weighted by Crippen LogP contribution is -2.45. The standard InChI is InChI=1S/C11H14ClFN2O.ClH/c1-11(2,14)6-15-10(16)9-7(12)4-3-5-8(9)13;/h3-5H,6,14H2,1-2H3,(H,15,16);1H. The fraction of sp³-hybridized carbons (Fsp3) is 0.364. The minimum absolute atomic E-state index is 0. The Morgan fingerprint density at radius 3 is 2.59 bits per heavy atom. The molecule has 0 spiro atoms. The molecule has 0 aliphatic rings. The van der Waals surface area contributed by atoms with E-state index >= 15 is 0 Å². The van der Waals surface area contributed by atoms with E-state index in [1.54, 1.807) is 13.8 Å². The van der Waals surface area contributed by atoms with Gasteiger partial charge < -0.3 is 11.1 Å². The molecule has 6 heteroatoms. The molecule has 3 nitrogen and oxygen atoms in total. The summed E-state index contributed by atoms with van der Waals surface area (Å²) >= 11 is 5.74. The van der Waals surface area contributed by atoms with Gasteiger partial charge in [-0.3, -0.25) is 4.79 Å². The first-order valence-corrected chi connectivity index (χ1v) is 5.20. The summed E-state index contributed by atoms with van der Waals surface area (Å²) in [6, 6.07) is 4.10. The summed E-state index contributed by atoms with van der Waals surface area (Å²) in [5.74, 6) is -1.19. The molecule has 0 radical (unpaired) electrons. The van der Waals surface area contributed by atoms with Gasteiger partial charge in [0.05, 0.1) is 10.6 Å². The number of carbonyl (C=O) groups is 1. The van der Waals surface area contributed by atoms with E-state index in [2.05, 4.69) is 5.32 Å². The zero-order valence-corrected chi connectivity index (χ0v) is 11.2. The average molecular weight is 281 g/mol. The number of benzene rings is 1. The van der Waals surface area contributed by atoms with Crippen LogP contribution in [-0.4, -0.2) is 18.0 Å². The molecule has 0 unspecified atom stereocenters. The summed E-state index contributed by atoms with van der Waals surface area (Å²) in [4.78, 5) is 11.6. The quantitative estimate of drug-likeness (QED) is 0.893. The number of rotatable bonds is 3. The number of carbonyl (C=O) groups excluding carboxylic acids is 1. The molecular weight excluding hydrogens is 266 g/mol. The Morgan fingerprint density at radius 2 is 2.12 bits per heavy atom. The number of halogens is 3. The fourth-order valence-electron chi connectivity index (χ4n) is 1.11. The van der Waals surface area contributed by atoms with E-state index in [-0.39, 0.29) is 29.5 Å². The highest BCUT2D eigenvalue weighted by molar-refractivity contribution is 6.33. The Hall–Kier alpha value is -0.840. The first-order chi connectivity index (χ1) is 7.31. The summed E-state index contributed by atoms with van der Waals surface area (Å²) in [6.07, 6.45) is 0. The number of nitrogens with two attached hydrogens (primary N) is 1. The average Bonchev–Trinajstić information content (AvgIpc) is 2.13. The fourth-order valence-corrected chi connectivity index (χ4v) is 1.36. The van der Waals surface area contributed by atoms with Gasteiger partial charge >= 0.3 is 0 Å². The highest BCUT2D eigenvalue weighted by Gasteiger charge is 2.18. The maximum absolute atomic E-state index is 13.3. The van der Waals surface area contributed by atoms with Gasteiger partial charge in [-0.1, -0.05) is 17.7 Å². The van der Waals surface area contributed by atoms with Crippen molar-refractivity contribution in [3.63, 3.8) is 0 Å². The number of amides is 1. The van der Waals surface area contributed by atoms with Crippen molar-refractivity contribution in [2.75, 3.05) is 6.54 Å². The van der Waals surface area contributed by atoms with Gasteiger partial charge in [0.25, 0.3) is 5.91 Å². The molecule has 0 aliphatic carbocycles. The van der Waals surface area contributed by atoms with Crippen LogP contribution in [0.2, 0.25) is 5.02 Å². The topological polar surface area (TPSA) is 55.1 Å². The molecular formula is C11H15Cl2FN2O. The molecule has 0 bridgehead atoms. The molecule has 1 aromatic carbocycles. The van der Waals surface area contributed by atoms with E-state index in [4.69, 9.17) is 17.3 Å². The van der Waals surface area contributed by atoms with Crippen molar-refractivity contribution in [1.29, 1.82) is 0 Å². The molecule has 0 fully saturated rings. The molecule has 0 aliphatic heterocycles. The molecule has 0 saturated heterocycles. The molecule has 1 amide bonds. The van der Waals surface area contributed by atoms with Crippen molar-refractivity contribution < 1.29 is 9.18 Å². The van der Waals surface area contributed by atoms with Crippen molar-refractivity contribution in [3.8, 4) is 0 Å². The van der Waals surface area contributed by atoms with Crippen LogP contribution in [0.25, 0.3) is 0 Å². The predicted octanol–water partition coefficient (Wildman–Crippen LogP) is 2.37. The third kappa shape index (κ3) is 4.89. The lowest BCUT2D eigenvalue weighted by Gasteiger charge is -2.19. The van der Waals surface area contributed by atoms with Crippen LogP contribution in [0.5, 0.6) is 0 Å². The SMILES string of the molecule is CC(C)(N)CNC(=O)c1c(F)cccc1Cl.Cl. The third-order valence-electron chi connectivity index (χ3n) is 1.89. The molecule has 0 aromatic heterocycles. The van der Waals surface area contributed by atoms with E-state index in [1.165, 1.54) is 18.2 Å². The lowest BCUT2D eigenvalue weighted by atomic mass is 10.1. The van der Waals surface area contributed by atoms with Gasteiger partial charge in [0.2, 0.25) is 0 Å². The Labute approximate surface area is 111 Å². The first-order valence-electron chi connectivity index (χ1n) is 4.82. The summed E-state index contributed by atoms with van der Waals surface area (Å²) in [5, 5.41) is 2.62. The number of hydrogen-bond acceptors (Lipinski definition) is 2. The van der Waals surface area contributed by atoms with Crippen molar-refractivity contribution >= 4 is 29.9 Å². The lowest BCUT2D eigenvalue weighted by molar-refractivity contribution is 0.0942. The summed E-state index contributed by atoms with van der Waals surface area (Å²) in [6.45, 7) is 3.77. The maximum Gasteiger partial charge on any atom is 0.255 e. The zero-order valence-electron chi connectivity index (χ0n) is 9.59. The van der Waals surface area contributed by atoms with Gasteiger partial charge in [0, 0.05) is 12.1 Å². The number of nitrogens with one attached hydrogen (secondary N) is 1. The van der Waals surface area contributed by atoms with Gasteiger partial charge in [0.1, 0.15) is 5.82 Å². The van der Waals surface area contributed by atoms with Gasteiger partial charge in [-0.05, 0) is 26.0 Å². The van der Waals surface area contributed by atoms with E-state index in [1.807, 2.05) is 0 Å². The van der Waals surface area contributed by atoms with Crippen LogP contribution in [0.4, 0.5) is 4.39 Å². The maximum atomic E-state index is 13.3. The van der Waals surface area contributed by atoms with Gasteiger partial charge in [-0.15, -0.1) is 12.4 Å². The predicted molar refractivity (Wildman–Crippen MR) is 69.3 cm³/mol. The van der Waals surface area contributed by atoms with E-state index < -0.39 is 17.3 Å². The molecule has 0 saturated carbocycles. The van der Waals surface area contributed by atoms with E-state index in [0.29, 0.717) is 0 Å². The van der Waals surface area contributed by atoms with Crippen LogP contribution in [0.1, 0.15) is 24.2 Å². The second-order valence-electron chi connectivity index (χ2n) is 4.27. The summed E-state index contributed by atoms with van der Waals surface area (Å²) in [7, 11) is 0. The van der Waals surface area contributed by atoms with Crippen molar-refractivity contribution in [2.24, 2.45) is 5.73 Å². The van der Waals surface area contributed by atoms with E-state index in [9.17, 15) is 9.18 Å². The molecule has 0 heterocycles. The van der Waals surface area contributed by atoms with Gasteiger partial charge in [-0.2, -0.15) is 0 Å². The second kappa shape index (κ2) is 6.19. The Morgan fingerprint density at radius 1 is 1.53 bits per heavy atom. The van der Waals surface area contributed by atoms with Gasteiger partial charge in [0.15, 0.2) is 0 Å². The van der Waals surface area contributed by atoms with Crippen LogP contribution >= 0.6 is 24.0 Å². The van der Waals surface area contributed by atoms with Crippen LogP contribution < -0.4 is 11.1 Å². The van der Waals surface area contributed by atoms with Crippen LogP contribution in [-0.2, 0) is 0 Å². The smallest absolute Gasteiger partial charge is 0.255 e. The molecule has 96 valence electrons. The molecule has 0 atom stereocenters. The van der Waals surface area contributed by atoms with Crippen LogP contribution in [0, 0.1) is 5.82 Å². The molecule has 17 heavy (non-hydrogen) atoms. The summed E-state index contributed by atoms with van der Waals surface area (Å²) < 4.78 is 13.3. The zero-order chi connectivity index (χ0) is 12.3. The molecule has 3 N–H and O–H groups in total. The summed E-state index contributed by atoms with van der Waals surface area (Å²) in [5.41, 5.74) is 5.00. The second-order valence-corrected chi connectivity index (χ2v) is 4.68. The minimum atomic E-state index is -0.639. The van der Waals surface area contributed by atoms with E-state index in [0.717, 1.165) is 0 Å². The third-order valence-corrected chi connectivity index (χ3v) is 2.21. The largest absolute Gasteiger partial charge is 0.350 e. The molecule has 1 rings (SSSR count). The highest BCUT2D eigenvalue weighted by atomic mass is 35.5. The van der Waals surface area contributed by atoms with Gasteiger partial charge in [-0.25, -0.2) is 4.39 Å². The normalized spacial score (nSPS) is 10.6. The monoisotopic (exact) mass is 280 g/mol. The molecule has 1 aromatic rings. The Bertz CT molecular complexity index is 385. The van der Waals surface area contributed by atoms with Crippen LogP contribution in [0.15, 0.2) is 18.2 Å². The Balaban J connectivity index is 0.00000256. The Kier molecular flexibility index (Phi) is 5.88. The minimum Gasteiger partial charge on any atom is -0.350 e. The van der Waals surface area contributed by atoms with Crippen LogP contribution in [0.3, 0.4) is 0 Å².